The van der Waals surface area contributed by atoms with Crippen LogP contribution in [0.25, 0.3) is 0 Å². The van der Waals surface area contributed by atoms with Gasteiger partial charge in [-0.1, -0.05) is 26.2 Å². The van der Waals surface area contributed by atoms with Crippen LogP contribution in [-0.4, -0.2) is 50.7 Å². The molecule has 5 N–H and O–H groups in total. The van der Waals surface area contributed by atoms with Crippen molar-refractivity contribution in [2.45, 2.75) is 45.4 Å². The van der Waals surface area contributed by atoms with E-state index in [1.54, 1.807) is 0 Å². The van der Waals surface area contributed by atoms with E-state index in [9.17, 15) is 8.42 Å². The van der Waals surface area contributed by atoms with Crippen LogP contribution in [0.5, 0.6) is 0 Å². The Balaban J connectivity index is -0.000000218. The van der Waals surface area contributed by atoms with Crippen LogP contribution in [0, 0.1) is 0 Å². The molecule has 0 aromatic rings. The van der Waals surface area contributed by atoms with Crippen molar-refractivity contribution in [1.82, 2.24) is 0 Å². The molecule has 0 amide bonds. The monoisotopic (exact) mass is 262 g/mol. The molecule has 5 nitrogen and oxygen atoms in total. The molecule has 0 heterocycles. The Morgan fingerprint density at radius 1 is 0.941 bits per heavy atom. The zero-order valence-corrected chi connectivity index (χ0v) is 11.0. The first-order valence-electron chi connectivity index (χ1n) is 5.83. The van der Waals surface area contributed by atoms with Crippen molar-refractivity contribution < 1.29 is 13.0 Å². The van der Waals surface area contributed by atoms with Crippen molar-refractivity contribution in [2.75, 3.05) is 18.8 Å². The second-order valence-electron chi connectivity index (χ2n) is 3.63. The molecule has 0 saturated heterocycles. The molecule has 0 aromatic heterocycles. The van der Waals surface area contributed by atoms with Crippen molar-refractivity contribution in [2.24, 2.45) is 11.5 Å². The van der Waals surface area contributed by atoms with Crippen molar-refractivity contribution >= 4 is 29.0 Å². The standard InChI is InChI=1S/C6H16N2.C4H10O3S.Li.H/c7-5-3-1-2-4-6-8;1-2-3-4-8(5,6)7;;/h1-8H2;2-4H2,1H3,(H,5,6,7);;. The summed E-state index contributed by atoms with van der Waals surface area (Å²) in [5, 5.41) is 0. The van der Waals surface area contributed by atoms with Gasteiger partial charge in [-0.25, -0.2) is 0 Å². The Bertz CT molecular complexity index is 218. The molecular weight excluding hydrogens is 235 g/mol. The molecule has 17 heavy (non-hydrogen) atoms. The fraction of sp³-hybridized carbons (Fsp3) is 1.00. The van der Waals surface area contributed by atoms with Gasteiger partial charge in [0.15, 0.2) is 0 Å². The summed E-state index contributed by atoms with van der Waals surface area (Å²) in [5.74, 6) is -0.108. The molecule has 7 heteroatoms. The molecule has 0 saturated carbocycles. The number of rotatable bonds is 8. The van der Waals surface area contributed by atoms with Gasteiger partial charge in [-0.05, 0) is 32.4 Å². The zero-order chi connectivity index (χ0) is 12.9. The van der Waals surface area contributed by atoms with Gasteiger partial charge in [0.1, 0.15) is 0 Å². The van der Waals surface area contributed by atoms with E-state index in [0.717, 1.165) is 32.4 Å². The third kappa shape index (κ3) is 31.4. The van der Waals surface area contributed by atoms with E-state index in [4.69, 9.17) is 16.0 Å². The third-order valence-electron chi connectivity index (χ3n) is 1.91. The first-order valence-corrected chi connectivity index (χ1v) is 7.44. The van der Waals surface area contributed by atoms with Gasteiger partial charge in [0.25, 0.3) is 10.1 Å². The Morgan fingerprint density at radius 3 is 1.53 bits per heavy atom. The molecule has 0 aromatic carbocycles. The second kappa shape index (κ2) is 16.4. The molecule has 0 spiro atoms. The van der Waals surface area contributed by atoms with E-state index < -0.39 is 10.1 Å². The number of hydrogen-bond acceptors (Lipinski definition) is 4. The van der Waals surface area contributed by atoms with E-state index >= 15 is 0 Å². The summed E-state index contributed by atoms with van der Waals surface area (Å²) in [5.41, 5.74) is 10.6. The maximum atomic E-state index is 9.95. The van der Waals surface area contributed by atoms with Gasteiger partial charge in [-0.15, -0.1) is 0 Å². The summed E-state index contributed by atoms with van der Waals surface area (Å²) in [7, 11) is -3.69. The molecule has 0 atom stereocenters. The van der Waals surface area contributed by atoms with Crippen LogP contribution in [0.3, 0.4) is 0 Å². The topological polar surface area (TPSA) is 106 Å². The van der Waals surface area contributed by atoms with Gasteiger partial charge in [-0.3, -0.25) is 4.55 Å². The molecule has 0 aliphatic heterocycles. The Labute approximate surface area is 118 Å². The molecule has 102 valence electrons. The van der Waals surface area contributed by atoms with Crippen molar-refractivity contribution in [3.63, 3.8) is 0 Å². The summed E-state index contributed by atoms with van der Waals surface area (Å²) in [4.78, 5) is 0. The average Bonchev–Trinajstić information content (AvgIpc) is 2.22. The molecule has 0 radical (unpaired) electrons. The summed E-state index contributed by atoms with van der Waals surface area (Å²) >= 11 is 0. The Morgan fingerprint density at radius 2 is 1.35 bits per heavy atom. The fourth-order valence-electron chi connectivity index (χ4n) is 0.969. The molecular formula is C10H27LiN2O3S. The molecule has 0 bridgehead atoms. The van der Waals surface area contributed by atoms with Gasteiger partial charge in [-0.2, -0.15) is 8.42 Å². The molecule has 0 rings (SSSR count). The van der Waals surface area contributed by atoms with Gasteiger partial charge in [0.2, 0.25) is 0 Å². The van der Waals surface area contributed by atoms with Crippen LogP contribution in [0.15, 0.2) is 0 Å². The van der Waals surface area contributed by atoms with Crippen LogP contribution < -0.4 is 11.5 Å². The van der Waals surface area contributed by atoms with E-state index in [1.807, 2.05) is 6.92 Å². The van der Waals surface area contributed by atoms with E-state index in [2.05, 4.69) is 0 Å². The molecule has 0 aliphatic rings. The van der Waals surface area contributed by atoms with E-state index in [0.29, 0.717) is 6.42 Å². The number of nitrogens with two attached hydrogens (primary N) is 2. The van der Waals surface area contributed by atoms with Crippen LogP contribution in [0.1, 0.15) is 45.4 Å². The summed E-state index contributed by atoms with van der Waals surface area (Å²) < 4.78 is 28.0. The third-order valence-corrected chi connectivity index (χ3v) is 2.72. The average molecular weight is 262 g/mol. The van der Waals surface area contributed by atoms with Gasteiger partial charge in [0.05, 0.1) is 5.75 Å². The molecule has 0 fully saturated rings. The van der Waals surface area contributed by atoms with Gasteiger partial charge in [0, 0.05) is 0 Å². The normalized spacial score (nSPS) is 10.1. The quantitative estimate of drug-likeness (QED) is 0.335. The Kier molecular flexibility index (Phi) is 21.8. The molecule has 0 aliphatic carbocycles. The fourth-order valence-corrected chi connectivity index (χ4v) is 1.62. The minimum absolute atomic E-state index is 0. The second-order valence-corrected chi connectivity index (χ2v) is 5.20. The van der Waals surface area contributed by atoms with E-state index in [1.165, 1.54) is 12.8 Å². The van der Waals surface area contributed by atoms with Gasteiger partial charge < -0.3 is 11.5 Å². The van der Waals surface area contributed by atoms with E-state index in [-0.39, 0.29) is 24.6 Å². The minimum atomic E-state index is -3.69. The predicted molar refractivity (Wildman–Crippen MR) is 75.0 cm³/mol. The first kappa shape index (κ1) is 22.6. The Hall–Kier alpha value is 0.427. The summed E-state index contributed by atoms with van der Waals surface area (Å²) in [6.45, 7) is 3.51. The zero-order valence-electron chi connectivity index (χ0n) is 10.2. The first-order chi connectivity index (χ1) is 7.47. The van der Waals surface area contributed by atoms with Crippen LogP contribution in [-0.2, 0) is 10.1 Å². The predicted octanol–water partition coefficient (Wildman–Crippen LogP) is 0.490. The number of unbranched alkanes of at least 4 members (excludes halogenated alkanes) is 4. The SMILES string of the molecule is CCCCS(=O)(=O)O.NCCCCCCN.[LiH]. The number of hydrogen-bond donors (Lipinski definition) is 3. The van der Waals surface area contributed by atoms with Crippen molar-refractivity contribution in [3.8, 4) is 0 Å². The van der Waals surface area contributed by atoms with Crippen LogP contribution in [0.2, 0.25) is 0 Å². The molecule has 0 unspecified atom stereocenters. The van der Waals surface area contributed by atoms with Crippen molar-refractivity contribution in [3.05, 3.63) is 0 Å². The van der Waals surface area contributed by atoms with Crippen LogP contribution in [0.4, 0.5) is 0 Å². The maximum absolute atomic E-state index is 9.95. The van der Waals surface area contributed by atoms with Gasteiger partial charge >= 0.3 is 18.9 Å². The summed E-state index contributed by atoms with van der Waals surface area (Å²) in [6, 6.07) is 0. The van der Waals surface area contributed by atoms with Crippen molar-refractivity contribution in [1.29, 1.82) is 0 Å². The van der Waals surface area contributed by atoms with Crippen LogP contribution >= 0.6 is 0 Å². The summed E-state index contributed by atoms with van der Waals surface area (Å²) in [6.07, 6.45) is 6.13.